The Bertz CT molecular complexity index is 572. The zero-order valence-corrected chi connectivity index (χ0v) is 13.9. The Kier molecular flexibility index (Phi) is 3.86. The predicted molar refractivity (Wildman–Crippen MR) is 83.3 cm³/mol. The minimum Gasteiger partial charge on any atom is -0.339 e. The number of benzene rings is 1. The first kappa shape index (κ1) is 14.1. The van der Waals surface area contributed by atoms with Gasteiger partial charge in [0.15, 0.2) is 0 Å². The quantitative estimate of drug-likeness (QED) is 0.845. The molecule has 2 aliphatic rings. The molecule has 2 amide bonds. The number of nitrogens with one attached hydrogen (secondary N) is 1. The Labute approximate surface area is 134 Å². The van der Waals surface area contributed by atoms with Crippen molar-refractivity contribution in [3.05, 3.63) is 27.1 Å². The summed E-state index contributed by atoms with van der Waals surface area (Å²) < 4.78 is 1.73. The molecule has 6 heteroatoms. The standard InChI is InChI=1S/C14H14Br2N2O2/c15-9-1-4-11(16)12(6-9)17-14(20)8-5-13(19)18(7-8)10-2-3-10/h1,4,6,8,10H,2-3,5,7H2,(H,17,20). The Morgan fingerprint density at radius 3 is 2.75 bits per heavy atom. The van der Waals surface area contributed by atoms with Crippen LogP contribution in [0.5, 0.6) is 0 Å². The van der Waals surface area contributed by atoms with E-state index in [9.17, 15) is 9.59 Å². The second-order valence-corrected chi connectivity index (χ2v) is 7.06. The monoisotopic (exact) mass is 400 g/mol. The number of hydrogen-bond donors (Lipinski definition) is 1. The maximum Gasteiger partial charge on any atom is 0.229 e. The van der Waals surface area contributed by atoms with E-state index in [1.807, 2.05) is 23.1 Å². The van der Waals surface area contributed by atoms with Gasteiger partial charge >= 0.3 is 0 Å². The van der Waals surface area contributed by atoms with Crippen LogP contribution < -0.4 is 5.32 Å². The van der Waals surface area contributed by atoms with Crippen LogP contribution in [0.3, 0.4) is 0 Å². The van der Waals surface area contributed by atoms with E-state index in [1.54, 1.807) is 0 Å². The summed E-state index contributed by atoms with van der Waals surface area (Å²) in [5.74, 6) is -0.213. The number of rotatable bonds is 3. The zero-order valence-electron chi connectivity index (χ0n) is 10.7. The second-order valence-electron chi connectivity index (χ2n) is 5.29. The minimum atomic E-state index is -0.242. The molecule has 1 aromatic rings. The van der Waals surface area contributed by atoms with Crippen LogP contribution in [0.4, 0.5) is 5.69 Å². The average Bonchev–Trinajstić information content (AvgIpc) is 3.17. The van der Waals surface area contributed by atoms with Crippen molar-refractivity contribution in [2.75, 3.05) is 11.9 Å². The normalized spacial score (nSPS) is 22.2. The fraction of sp³-hybridized carbons (Fsp3) is 0.429. The predicted octanol–water partition coefficient (Wildman–Crippen LogP) is 3.16. The zero-order chi connectivity index (χ0) is 14.3. The van der Waals surface area contributed by atoms with Crippen LogP contribution in [0, 0.1) is 5.92 Å². The fourth-order valence-corrected chi connectivity index (χ4v) is 3.18. The Morgan fingerprint density at radius 1 is 1.30 bits per heavy atom. The van der Waals surface area contributed by atoms with E-state index < -0.39 is 0 Å². The number of amides is 2. The Balaban J connectivity index is 1.67. The molecule has 0 bridgehead atoms. The molecule has 3 rings (SSSR count). The minimum absolute atomic E-state index is 0.0831. The first-order valence-electron chi connectivity index (χ1n) is 6.60. The third-order valence-electron chi connectivity index (χ3n) is 3.70. The first-order valence-corrected chi connectivity index (χ1v) is 8.18. The van der Waals surface area contributed by atoms with E-state index in [1.165, 1.54) is 0 Å². The maximum atomic E-state index is 12.3. The van der Waals surface area contributed by atoms with Crippen molar-refractivity contribution in [1.29, 1.82) is 0 Å². The number of carbonyl (C=O) groups is 2. The molecular formula is C14H14Br2N2O2. The van der Waals surface area contributed by atoms with Gasteiger partial charge in [0, 0.05) is 28.0 Å². The van der Waals surface area contributed by atoms with E-state index in [-0.39, 0.29) is 17.7 Å². The van der Waals surface area contributed by atoms with E-state index in [0.29, 0.717) is 19.0 Å². The van der Waals surface area contributed by atoms with E-state index >= 15 is 0 Å². The molecule has 1 aliphatic heterocycles. The molecule has 1 N–H and O–H groups in total. The lowest BCUT2D eigenvalue weighted by Gasteiger charge is -2.15. The SMILES string of the molecule is O=C(Nc1cc(Br)ccc1Br)C1CC(=O)N(C2CC2)C1. The molecule has 1 aliphatic carbocycles. The molecule has 1 aromatic carbocycles. The average molecular weight is 402 g/mol. The summed E-state index contributed by atoms with van der Waals surface area (Å²) in [5.41, 5.74) is 0.724. The summed E-state index contributed by atoms with van der Waals surface area (Å²) in [6.45, 7) is 0.557. The second kappa shape index (κ2) is 5.48. The molecular weight excluding hydrogens is 388 g/mol. The van der Waals surface area contributed by atoms with Gasteiger partial charge in [0.1, 0.15) is 0 Å². The van der Waals surface area contributed by atoms with Gasteiger partial charge in [-0.05, 0) is 47.0 Å². The number of likely N-dealkylation sites (tertiary alicyclic amines) is 1. The highest BCUT2D eigenvalue weighted by Gasteiger charge is 2.41. The number of anilines is 1. The van der Waals surface area contributed by atoms with Gasteiger partial charge in [-0.2, -0.15) is 0 Å². The van der Waals surface area contributed by atoms with Crippen LogP contribution in [-0.2, 0) is 9.59 Å². The Hall–Kier alpha value is -0.880. The van der Waals surface area contributed by atoms with Crippen molar-refractivity contribution < 1.29 is 9.59 Å². The van der Waals surface area contributed by atoms with E-state index in [0.717, 1.165) is 27.5 Å². The van der Waals surface area contributed by atoms with Gasteiger partial charge in [-0.1, -0.05) is 15.9 Å². The number of hydrogen-bond acceptors (Lipinski definition) is 2. The topological polar surface area (TPSA) is 49.4 Å². The summed E-state index contributed by atoms with van der Waals surface area (Å²) in [6.07, 6.45) is 2.49. The van der Waals surface area contributed by atoms with Crippen molar-refractivity contribution in [3.63, 3.8) is 0 Å². The van der Waals surface area contributed by atoms with E-state index in [4.69, 9.17) is 0 Å². The molecule has 1 saturated carbocycles. The highest BCUT2D eigenvalue weighted by molar-refractivity contribution is 9.11. The summed E-state index contributed by atoms with van der Waals surface area (Å²) in [7, 11) is 0. The molecule has 0 aromatic heterocycles. The lowest BCUT2D eigenvalue weighted by Crippen LogP contribution is -2.29. The van der Waals surface area contributed by atoms with Gasteiger partial charge < -0.3 is 10.2 Å². The van der Waals surface area contributed by atoms with Crippen molar-refractivity contribution in [1.82, 2.24) is 4.90 Å². The largest absolute Gasteiger partial charge is 0.339 e. The molecule has 0 spiro atoms. The number of carbonyl (C=O) groups excluding carboxylic acids is 2. The molecule has 1 atom stereocenters. The molecule has 1 unspecified atom stereocenters. The third-order valence-corrected chi connectivity index (χ3v) is 4.89. The molecule has 106 valence electrons. The maximum absolute atomic E-state index is 12.3. The van der Waals surface area contributed by atoms with Crippen LogP contribution in [-0.4, -0.2) is 29.3 Å². The number of nitrogens with zero attached hydrogens (tertiary/aromatic N) is 1. The van der Waals surface area contributed by atoms with Crippen LogP contribution in [0.2, 0.25) is 0 Å². The van der Waals surface area contributed by atoms with Gasteiger partial charge in [-0.3, -0.25) is 9.59 Å². The molecule has 0 radical (unpaired) electrons. The summed E-state index contributed by atoms with van der Waals surface area (Å²) >= 11 is 6.79. The van der Waals surface area contributed by atoms with Crippen LogP contribution in [0.25, 0.3) is 0 Å². The lowest BCUT2D eigenvalue weighted by molar-refractivity contribution is -0.128. The molecule has 1 heterocycles. The summed E-state index contributed by atoms with van der Waals surface area (Å²) in [4.78, 5) is 26.0. The van der Waals surface area contributed by atoms with Gasteiger partial charge in [0.2, 0.25) is 11.8 Å². The highest BCUT2D eigenvalue weighted by Crippen LogP contribution is 2.33. The van der Waals surface area contributed by atoms with Crippen molar-refractivity contribution in [2.45, 2.75) is 25.3 Å². The van der Waals surface area contributed by atoms with Crippen LogP contribution in [0.15, 0.2) is 27.1 Å². The van der Waals surface area contributed by atoms with Gasteiger partial charge in [-0.25, -0.2) is 0 Å². The highest BCUT2D eigenvalue weighted by atomic mass is 79.9. The van der Waals surface area contributed by atoms with Gasteiger partial charge in [0.05, 0.1) is 11.6 Å². The van der Waals surface area contributed by atoms with Crippen molar-refractivity contribution in [3.8, 4) is 0 Å². The van der Waals surface area contributed by atoms with Crippen molar-refractivity contribution >= 4 is 49.4 Å². The molecule has 20 heavy (non-hydrogen) atoms. The molecule has 2 fully saturated rings. The fourth-order valence-electron chi connectivity index (χ4n) is 2.47. The van der Waals surface area contributed by atoms with Crippen LogP contribution >= 0.6 is 31.9 Å². The van der Waals surface area contributed by atoms with Crippen LogP contribution in [0.1, 0.15) is 19.3 Å². The smallest absolute Gasteiger partial charge is 0.229 e. The summed E-state index contributed by atoms with van der Waals surface area (Å²) in [6, 6.07) is 6.00. The third kappa shape index (κ3) is 2.91. The summed E-state index contributed by atoms with van der Waals surface area (Å²) in [5, 5.41) is 2.90. The van der Waals surface area contributed by atoms with Gasteiger partial charge in [0.25, 0.3) is 0 Å². The molecule has 4 nitrogen and oxygen atoms in total. The molecule has 1 saturated heterocycles. The number of halogens is 2. The van der Waals surface area contributed by atoms with Gasteiger partial charge in [-0.15, -0.1) is 0 Å². The Morgan fingerprint density at radius 2 is 2.05 bits per heavy atom. The lowest BCUT2D eigenvalue weighted by atomic mass is 10.1. The van der Waals surface area contributed by atoms with Crippen molar-refractivity contribution in [2.24, 2.45) is 5.92 Å². The van der Waals surface area contributed by atoms with E-state index in [2.05, 4.69) is 37.2 Å². The first-order chi connectivity index (χ1) is 9.54.